The van der Waals surface area contributed by atoms with Crippen molar-refractivity contribution in [3.8, 4) is 0 Å². The Morgan fingerprint density at radius 2 is 1.77 bits per heavy atom. The smallest absolute Gasteiger partial charge is 0.258 e. The fraction of sp³-hybridized carbons (Fsp3) is 0.350. The molecule has 5 nitrogen and oxygen atoms in total. The molecule has 6 heteroatoms. The van der Waals surface area contributed by atoms with Gasteiger partial charge < -0.3 is 4.90 Å². The van der Waals surface area contributed by atoms with Gasteiger partial charge in [0.15, 0.2) is 0 Å². The van der Waals surface area contributed by atoms with E-state index >= 15 is 0 Å². The summed E-state index contributed by atoms with van der Waals surface area (Å²) in [5.41, 5.74) is 2.47. The second-order valence-electron chi connectivity index (χ2n) is 7.00. The standard InChI is InChI=1S/C20H22N2O3S/c1-15-13-16-7-2-3-10-19(16)22(15)20(23)17-8-6-9-18(14-17)26(24,25)21-11-4-5-12-21/h2-3,6-10,14-15H,4-5,11-13H2,1H3. The maximum atomic E-state index is 13.1. The maximum absolute atomic E-state index is 13.1. The summed E-state index contributed by atoms with van der Waals surface area (Å²) >= 11 is 0. The van der Waals surface area contributed by atoms with Crippen molar-refractivity contribution in [1.29, 1.82) is 0 Å². The Bertz CT molecular complexity index is 949. The Hall–Kier alpha value is -2.18. The third-order valence-corrected chi connectivity index (χ3v) is 7.10. The molecule has 136 valence electrons. The minimum atomic E-state index is -3.53. The zero-order chi connectivity index (χ0) is 18.3. The molecule has 1 saturated heterocycles. The highest BCUT2D eigenvalue weighted by molar-refractivity contribution is 7.89. The molecule has 1 unspecified atom stereocenters. The summed E-state index contributed by atoms with van der Waals surface area (Å²) in [5.74, 6) is -0.152. The molecule has 0 saturated carbocycles. The van der Waals surface area contributed by atoms with E-state index in [1.54, 1.807) is 23.1 Å². The molecule has 2 aromatic rings. The lowest BCUT2D eigenvalue weighted by molar-refractivity contribution is 0.0981. The number of fused-ring (bicyclic) bond motifs is 1. The average molecular weight is 370 g/mol. The lowest BCUT2D eigenvalue weighted by Gasteiger charge is -2.23. The number of benzene rings is 2. The predicted molar refractivity (Wildman–Crippen MR) is 101 cm³/mol. The van der Waals surface area contributed by atoms with Crippen molar-refractivity contribution in [1.82, 2.24) is 4.31 Å². The molecular weight excluding hydrogens is 348 g/mol. The van der Waals surface area contributed by atoms with Gasteiger partial charge in [0.25, 0.3) is 5.91 Å². The van der Waals surface area contributed by atoms with Gasteiger partial charge in [0.05, 0.1) is 4.90 Å². The zero-order valence-corrected chi connectivity index (χ0v) is 15.6. The van der Waals surface area contributed by atoms with E-state index in [1.165, 1.54) is 10.4 Å². The monoisotopic (exact) mass is 370 g/mol. The summed E-state index contributed by atoms with van der Waals surface area (Å²) in [4.78, 5) is 15.1. The highest BCUT2D eigenvalue weighted by Gasteiger charge is 2.32. The number of carbonyl (C=O) groups is 1. The molecule has 0 radical (unpaired) electrons. The van der Waals surface area contributed by atoms with Gasteiger partial charge in [-0.1, -0.05) is 24.3 Å². The average Bonchev–Trinajstić information content (AvgIpc) is 3.29. The highest BCUT2D eigenvalue weighted by atomic mass is 32.2. The summed E-state index contributed by atoms with van der Waals surface area (Å²) < 4.78 is 27.1. The minimum Gasteiger partial charge on any atom is -0.305 e. The number of hydrogen-bond donors (Lipinski definition) is 0. The van der Waals surface area contributed by atoms with Crippen molar-refractivity contribution in [3.05, 3.63) is 59.7 Å². The Morgan fingerprint density at radius 3 is 2.54 bits per heavy atom. The molecule has 0 N–H and O–H groups in total. The van der Waals surface area contributed by atoms with Gasteiger partial charge in [0, 0.05) is 30.4 Å². The van der Waals surface area contributed by atoms with E-state index in [9.17, 15) is 13.2 Å². The van der Waals surface area contributed by atoms with Crippen LogP contribution in [-0.2, 0) is 16.4 Å². The number of carbonyl (C=O) groups excluding carboxylic acids is 1. The topological polar surface area (TPSA) is 57.7 Å². The third-order valence-electron chi connectivity index (χ3n) is 5.21. The van der Waals surface area contributed by atoms with E-state index in [0.29, 0.717) is 18.7 Å². The lowest BCUT2D eigenvalue weighted by atomic mass is 10.1. The van der Waals surface area contributed by atoms with Gasteiger partial charge in [-0.3, -0.25) is 4.79 Å². The number of amides is 1. The van der Waals surface area contributed by atoms with Crippen LogP contribution in [0.1, 0.15) is 35.7 Å². The molecule has 4 rings (SSSR count). The number of rotatable bonds is 3. The molecule has 2 aliphatic rings. The lowest BCUT2D eigenvalue weighted by Crippen LogP contribution is -2.36. The Kier molecular flexibility index (Phi) is 4.32. The summed E-state index contributed by atoms with van der Waals surface area (Å²) in [6, 6.07) is 14.4. The molecule has 1 fully saturated rings. The van der Waals surface area contributed by atoms with Gasteiger partial charge in [-0.25, -0.2) is 8.42 Å². The van der Waals surface area contributed by atoms with Crippen LogP contribution in [0.4, 0.5) is 5.69 Å². The first-order valence-electron chi connectivity index (χ1n) is 9.00. The van der Waals surface area contributed by atoms with Crippen molar-refractivity contribution in [2.75, 3.05) is 18.0 Å². The van der Waals surface area contributed by atoms with E-state index < -0.39 is 10.0 Å². The molecule has 2 aromatic carbocycles. The Balaban J connectivity index is 1.68. The Labute approximate surface area is 154 Å². The van der Waals surface area contributed by atoms with E-state index in [2.05, 4.69) is 0 Å². The van der Waals surface area contributed by atoms with E-state index in [1.807, 2.05) is 31.2 Å². The van der Waals surface area contributed by atoms with Crippen LogP contribution in [0.5, 0.6) is 0 Å². The quantitative estimate of drug-likeness (QED) is 0.834. The SMILES string of the molecule is CC1Cc2ccccc2N1C(=O)c1cccc(S(=O)(=O)N2CCCC2)c1. The van der Waals surface area contributed by atoms with Crippen LogP contribution in [0.15, 0.2) is 53.4 Å². The Morgan fingerprint density at radius 1 is 1.04 bits per heavy atom. The summed E-state index contributed by atoms with van der Waals surface area (Å²) in [6.07, 6.45) is 2.59. The first-order chi connectivity index (χ1) is 12.5. The molecule has 0 aliphatic carbocycles. The van der Waals surface area contributed by atoms with Gasteiger partial charge >= 0.3 is 0 Å². The van der Waals surface area contributed by atoms with Crippen LogP contribution in [0.2, 0.25) is 0 Å². The summed E-state index contributed by atoms with van der Waals surface area (Å²) in [7, 11) is -3.53. The summed E-state index contributed by atoms with van der Waals surface area (Å²) in [5, 5.41) is 0. The first-order valence-corrected chi connectivity index (χ1v) is 10.4. The third kappa shape index (κ3) is 2.83. The van der Waals surface area contributed by atoms with Crippen LogP contribution in [0.3, 0.4) is 0 Å². The number of hydrogen-bond acceptors (Lipinski definition) is 3. The molecule has 1 amide bonds. The molecule has 2 aliphatic heterocycles. The minimum absolute atomic E-state index is 0.0544. The van der Waals surface area contributed by atoms with E-state index in [4.69, 9.17) is 0 Å². The maximum Gasteiger partial charge on any atom is 0.258 e. The van der Waals surface area contributed by atoms with Crippen LogP contribution < -0.4 is 4.90 Å². The number of nitrogens with zero attached hydrogens (tertiary/aromatic N) is 2. The van der Waals surface area contributed by atoms with Crippen molar-refractivity contribution in [2.24, 2.45) is 0 Å². The zero-order valence-electron chi connectivity index (χ0n) is 14.8. The van der Waals surface area contributed by atoms with Crippen LogP contribution in [0.25, 0.3) is 0 Å². The van der Waals surface area contributed by atoms with E-state index in [0.717, 1.165) is 30.5 Å². The first kappa shape index (κ1) is 17.2. The highest BCUT2D eigenvalue weighted by Crippen LogP contribution is 2.33. The normalized spacial score (nSPS) is 20.3. The van der Waals surface area contributed by atoms with Crippen LogP contribution >= 0.6 is 0 Å². The fourth-order valence-electron chi connectivity index (χ4n) is 3.88. The molecule has 0 aromatic heterocycles. The molecule has 1 atom stereocenters. The number of anilines is 1. The molecule has 26 heavy (non-hydrogen) atoms. The van der Waals surface area contributed by atoms with Gasteiger partial charge in [-0.15, -0.1) is 0 Å². The van der Waals surface area contributed by atoms with Crippen molar-refractivity contribution < 1.29 is 13.2 Å². The summed E-state index contributed by atoms with van der Waals surface area (Å²) in [6.45, 7) is 3.12. The van der Waals surface area contributed by atoms with Crippen molar-refractivity contribution in [3.63, 3.8) is 0 Å². The van der Waals surface area contributed by atoms with Crippen molar-refractivity contribution >= 4 is 21.6 Å². The second-order valence-corrected chi connectivity index (χ2v) is 8.93. The van der Waals surface area contributed by atoms with Gasteiger partial charge in [-0.2, -0.15) is 4.31 Å². The van der Waals surface area contributed by atoms with E-state index in [-0.39, 0.29) is 16.8 Å². The van der Waals surface area contributed by atoms with Gasteiger partial charge in [0.2, 0.25) is 10.0 Å². The molecule has 0 bridgehead atoms. The van der Waals surface area contributed by atoms with Gasteiger partial charge in [-0.05, 0) is 56.0 Å². The molecular formula is C20H22N2O3S. The van der Waals surface area contributed by atoms with Crippen LogP contribution in [-0.4, -0.2) is 37.8 Å². The molecule has 0 spiro atoms. The molecule has 2 heterocycles. The number of para-hydroxylation sites is 1. The van der Waals surface area contributed by atoms with Crippen molar-refractivity contribution in [2.45, 2.75) is 37.1 Å². The van der Waals surface area contributed by atoms with Crippen LogP contribution in [0, 0.1) is 0 Å². The largest absolute Gasteiger partial charge is 0.305 e. The number of sulfonamides is 1. The second kappa shape index (κ2) is 6.52. The van der Waals surface area contributed by atoms with Gasteiger partial charge in [0.1, 0.15) is 0 Å². The predicted octanol–water partition coefficient (Wildman–Crippen LogP) is 3.06. The fourth-order valence-corrected chi connectivity index (χ4v) is 5.44.